The van der Waals surface area contributed by atoms with E-state index in [1.165, 1.54) is 17.3 Å². The normalized spacial score (nSPS) is 9.93. The fraction of sp³-hybridized carbons (Fsp3) is 0.364. The number of aryl methyl sites for hydroxylation is 1. The minimum absolute atomic E-state index is 0.177. The van der Waals surface area contributed by atoms with Gasteiger partial charge in [0.25, 0.3) is 0 Å². The zero-order valence-electron chi connectivity index (χ0n) is 8.82. The number of hydrogen-bond acceptors (Lipinski definition) is 3. The molecule has 1 aromatic carbocycles. The Morgan fingerprint density at radius 2 is 2.33 bits per heavy atom. The minimum atomic E-state index is 0.177. The zero-order chi connectivity index (χ0) is 11.1. The summed E-state index contributed by atoms with van der Waals surface area (Å²) in [5.74, 6) is 1.74. The van der Waals surface area contributed by atoms with Crippen LogP contribution >= 0.6 is 11.8 Å². The van der Waals surface area contributed by atoms with Crippen molar-refractivity contribution in [3.8, 4) is 5.75 Å². The highest BCUT2D eigenvalue weighted by Gasteiger charge is 1.97. The van der Waals surface area contributed by atoms with E-state index in [4.69, 9.17) is 15.9 Å². The predicted octanol–water partition coefficient (Wildman–Crippen LogP) is 2.25. The standard InChI is InChI=1S/C11H16N2OS/c1-2-14-10-5-3-4-9(8-10)6-7-15-11(12)13/h3-5,8H,2,6-7H2,1H3,(H3,12,13). The molecule has 0 amide bonds. The van der Waals surface area contributed by atoms with Gasteiger partial charge in [0.1, 0.15) is 5.75 Å². The van der Waals surface area contributed by atoms with Crippen LogP contribution in [0.3, 0.4) is 0 Å². The van der Waals surface area contributed by atoms with Gasteiger partial charge in [0, 0.05) is 5.75 Å². The van der Waals surface area contributed by atoms with Crippen molar-refractivity contribution in [2.75, 3.05) is 12.4 Å². The molecule has 0 saturated heterocycles. The summed E-state index contributed by atoms with van der Waals surface area (Å²) in [7, 11) is 0. The maximum Gasteiger partial charge on any atom is 0.151 e. The Morgan fingerprint density at radius 3 is 3.00 bits per heavy atom. The van der Waals surface area contributed by atoms with Crippen molar-refractivity contribution in [1.29, 1.82) is 5.41 Å². The van der Waals surface area contributed by atoms with E-state index in [-0.39, 0.29) is 5.17 Å². The molecule has 3 N–H and O–H groups in total. The van der Waals surface area contributed by atoms with Crippen molar-refractivity contribution in [2.45, 2.75) is 13.3 Å². The average Bonchev–Trinajstić information content (AvgIpc) is 2.18. The van der Waals surface area contributed by atoms with Crippen LogP contribution in [-0.4, -0.2) is 17.5 Å². The fourth-order valence-electron chi connectivity index (χ4n) is 1.24. The number of nitrogens with two attached hydrogens (primary N) is 1. The summed E-state index contributed by atoms with van der Waals surface area (Å²) in [5.41, 5.74) is 6.47. The summed E-state index contributed by atoms with van der Waals surface area (Å²) >= 11 is 1.37. The van der Waals surface area contributed by atoms with E-state index in [1.807, 2.05) is 25.1 Å². The summed E-state index contributed by atoms with van der Waals surface area (Å²) in [6.07, 6.45) is 0.908. The summed E-state index contributed by atoms with van der Waals surface area (Å²) < 4.78 is 5.40. The van der Waals surface area contributed by atoms with Crippen LogP contribution in [0.15, 0.2) is 24.3 Å². The van der Waals surface area contributed by atoms with Gasteiger partial charge in [0.05, 0.1) is 6.61 Å². The second-order valence-corrected chi connectivity index (χ2v) is 4.18. The third-order valence-corrected chi connectivity index (χ3v) is 2.58. The van der Waals surface area contributed by atoms with E-state index in [0.717, 1.165) is 17.9 Å². The number of hydrogen-bond donors (Lipinski definition) is 2. The lowest BCUT2D eigenvalue weighted by Gasteiger charge is -2.05. The third-order valence-electron chi connectivity index (χ3n) is 1.86. The molecule has 3 nitrogen and oxygen atoms in total. The van der Waals surface area contributed by atoms with Gasteiger partial charge in [-0.3, -0.25) is 5.41 Å². The van der Waals surface area contributed by atoms with Gasteiger partial charge in [-0.1, -0.05) is 23.9 Å². The molecule has 0 aliphatic carbocycles. The van der Waals surface area contributed by atoms with Gasteiger partial charge in [-0.25, -0.2) is 0 Å². The van der Waals surface area contributed by atoms with Crippen LogP contribution in [0, 0.1) is 5.41 Å². The average molecular weight is 224 g/mol. The summed E-state index contributed by atoms with van der Waals surface area (Å²) in [5, 5.41) is 7.26. The van der Waals surface area contributed by atoms with Crippen molar-refractivity contribution in [3.05, 3.63) is 29.8 Å². The highest BCUT2D eigenvalue weighted by Crippen LogP contribution is 2.15. The molecule has 0 aromatic heterocycles. The van der Waals surface area contributed by atoms with Crippen LogP contribution < -0.4 is 10.5 Å². The monoisotopic (exact) mass is 224 g/mol. The van der Waals surface area contributed by atoms with Crippen molar-refractivity contribution >= 4 is 16.9 Å². The first kappa shape index (κ1) is 11.9. The van der Waals surface area contributed by atoms with E-state index in [0.29, 0.717) is 6.61 Å². The van der Waals surface area contributed by atoms with Crippen molar-refractivity contribution in [2.24, 2.45) is 5.73 Å². The number of amidine groups is 1. The number of nitrogens with one attached hydrogen (secondary N) is 1. The second kappa shape index (κ2) is 6.35. The zero-order valence-corrected chi connectivity index (χ0v) is 9.64. The quantitative estimate of drug-likeness (QED) is 0.595. The molecule has 0 bridgehead atoms. The first-order valence-corrected chi connectivity index (χ1v) is 5.89. The topological polar surface area (TPSA) is 59.1 Å². The van der Waals surface area contributed by atoms with Crippen LogP contribution in [0.25, 0.3) is 0 Å². The van der Waals surface area contributed by atoms with E-state index < -0.39 is 0 Å². The van der Waals surface area contributed by atoms with Crippen LogP contribution in [0.2, 0.25) is 0 Å². The van der Waals surface area contributed by atoms with E-state index in [9.17, 15) is 0 Å². The van der Waals surface area contributed by atoms with E-state index in [2.05, 4.69) is 6.07 Å². The smallest absolute Gasteiger partial charge is 0.151 e. The van der Waals surface area contributed by atoms with Gasteiger partial charge in [-0.2, -0.15) is 0 Å². The third kappa shape index (κ3) is 4.74. The Labute approximate surface area is 94.5 Å². The van der Waals surface area contributed by atoms with Gasteiger partial charge >= 0.3 is 0 Å². The molecule has 0 aliphatic heterocycles. The Bertz CT molecular complexity index is 328. The molecular formula is C11H16N2OS. The Kier molecular flexibility index (Phi) is 5.04. The molecule has 0 aliphatic rings. The first-order chi connectivity index (χ1) is 7.22. The molecule has 0 unspecified atom stereocenters. The van der Waals surface area contributed by atoms with Gasteiger partial charge in [0.2, 0.25) is 0 Å². The van der Waals surface area contributed by atoms with Crippen LogP contribution in [-0.2, 0) is 6.42 Å². The molecule has 0 atom stereocenters. The molecule has 1 rings (SSSR count). The van der Waals surface area contributed by atoms with Crippen molar-refractivity contribution in [3.63, 3.8) is 0 Å². The molecule has 0 radical (unpaired) electrons. The molecule has 0 fully saturated rings. The molecule has 0 spiro atoms. The van der Waals surface area contributed by atoms with Gasteiger partial charge in [0.15, 0.2) is 5.17 Å². The summed E-state index contributed by atoms with van der Waals surface area (Å²) in [4.78, 5) is 0. The predicted molar refractivity (Wildman–Crippen MR) is 65.7 cm³/mol. The molecule has 82 valence electrons. The highest BCUT2D eigenvalue weighted by atomic mass is 32.2. The molecule has 1 aromatic rings. The van der Waals surface area contributed by atoms with Gasteiger partial charge in [-0.05, 0) is 31.0 Å². The maximum absolute atomic E-state index is 7.08. The largest absolute Gasteiger partial charge is 0.494 e. The lowest BCUT2D eigenvalue weighted by Crippen LogP contribution is -2.05. The van der Waals surface area contributed by atoms with E-state index in [1.54, 1.807) is 0 Å². The molecule has 15 heavy (non-hydrogen) atoms. The molecule has 0 heterocycles. The SMILES string of the molecule is CCOc1cccc(CCSC(=N)N)c1. The van der Waals surface area contributed by atoms with Gasteiger partial charge in [-0.15, -0.1) is 0 Å². The Hall–Kier alpha value is -1.16. The van der Waals surface area contributed by atoms with Gasteiger partial charge < -0.3 is 10.5 Å². The fourth-order valence-corrected chi connectivity index (χ4v) is 1.79. The van der Waals surface area contributed by atoms with Crippen LogP contribution in [0.5, 0.6) is 5.75 Å². The van der Waals surface area contributed by atoms with Crippen molar-refractivity contribution < 1.29 is 4.74 Å². The molecular weight excluding hydrogens is 208 g/mol. The Balaban J connectivity index is 2.46. The first-order valence-electron chi connectivity index (χ1n) is 4.91. The molecule has 4 heteroatoms. The number of ether oxygens (including phenoxy) is 1. The second-order valence-electron chi connectivity index (χ2n) is 3.04. The lowest BCUT2D eigenvalue weighted by molar-refractivity contribution is 0.340. The van der Waals surface area contributed by atoms with E-state index >= 15 is 0 Å². The number of rotatable bonds is 5. The number of thioether (sulfide) groups is 1. The highest BCUT2D eigenvalue weighted by molar-refractivity contribution is 8.13. The van der Waals surface area contributed by atoms with Crippen LogP contribution in [0.1, 0.15) is 12.5 Å². The maximum atomic E-state index is 7.08. The molecule has 0 saturated carbocycles. The van der Waals surface area contributed by atoms with Crippen LogP contribution in [0.4, 0.5) is 0 Å². The minimum Gasteiger partial charge on any atom is -0.494 e. The van der Waals surface area contributed by atoms with Crippen molar-refractivity contribution in [1.82, 2.24) is 0 Å². The lowest BCUT2D eigenvalue weighted by atomic mass is 10.2. The Morgan fingerprint density at radius 1 is 1.53 bits per heavy atom. The summed E-state index contributed by atoms with van der Waals surface area (Å²) in [6, 6.07) is 8.03. The number of benzene rings is 1. The summed E-state index contributed by atoms with van der Waals surface area (Å²) in [6.45, 7) is 2.66.